The molecule has 0 saturated carbocycles. The van der Waals surface area contributed by atoms with Gasteiger partial charge in [0, 0.05) is 37.1 Å². The van der Waals surface area contributed by atoms with Gasteiger partial charge in [-0.15, -0.1) is 0 Å². The van der Waals surface area contributed by atoms with Crippen molar-refractivity contribution in [3.05, 3.63) is 70.7 Å². The van der Waals surface area contributed by atoms with Crippen molar-refractivity contribution in [3.8, 4) is 0 Å². The zero-order valence-corrected chi connectivity index (χ0v) is 15.8. The van der Waals surface area contributed by atoms with Gasteiger partial charge in [-0.1, -0.05) is 54.1 Å². The number of hydrogen-bond donors (Lipinski definition) is 1. The summed E-state index contributed by atoms with van der Waals surface area (Å²) in [4.78, 5) is 15.1. The molecule has 138 valence electrons. The third-order valence-corrected chi connectivity index (χ3v) is 5.22. The Morgan fingerprint density at radius 1 is 1.19 bits per heavy atom. The van der Waals surface area contributed by atoms with Crippen LogP contribution >= 0.6 is 11.6 Å². The summed E-state index contributed by atoms with van der Waals surface area (Å²) < 4.78 is 5.00. The van der Waals surface area contributed by atoms with E-state index in [4.69, 9.17) is 16.3 Å². The lowest BCUT2D eigenvalue weighted by Gasteiger charge is -2.38. The van der Waals surface area contributed by atoms with Crippen LogP contribution in [0.2, 0.25) is 5.02 Å². The highest BCUT2D eigenvalue weighted by Crippen LogP contribution is 2.34. The molecular weight excluding hydrogens is 348 g/mol. The monoisotopic (exact) mass is 372 g/mol. The van der Waals surface area contributed by atoms with Gasteiger partial charge in [0.25, 0.3) is 0 Å². The van der Waals surface area contributed by atoms with Crippen LogP contribution in [0.3, 0.4) is 0 Å². The molecule has 0 aromatic heterocycles. The number of amides is 1. The molecule has 0 radical (unpaired) electrons. The molecule has 1 fully saturated rings. The molecule has 2 atom stereocenters. The summed E-state index contributed by atoms with van der Waals surface area (Å²) in [7, 11) is 1.58. The van der Waals surface area contributed by atoms with E-state index in [1.54, 1.807) is 7.11 Å². The Kier molecular flexibility index (Phi) is 6.67. The minimum atomic E-state index is -0.0571. The molecule has 2 unspecified atom stereocenters. The molecule has 0 bridgehead atoms. The van der Waals surface area contributed by atoms with Crippen molar-refractivity contribution in [2.24, 2.45) is 5.92 Å². The molecule has 1 aliphatic rings. The SMILES string of the molecule is COCNC(=O)C1CCN(Cc2ccccc2)CC1c1ccc(Cl)cc1. The Balaban J connectivity index is 1.76. The number of benzene rings is 2. The van der Waals surface area contributed by atoms with Crippen LogP contribution in [-0.2, 0) is 16.1 Å². The Hall–Kier alpha value is -1.88. The fourth-order valence-corrected chi connectivity index (χ4v) is 3.77. The van der Waals surface area contributed by atoms with Crippen LogP contribution < -0.4 is 5.32 Å². The molecule has 1 N–H and O–H groups in total. The van der Waals surface area contributed by atoms with Gasteiger partial charge in [-0.3, -0.25) is 9.69 Å². The van der Waals surface area contributed by atoms with Gasteiger partial charge in [0.05, 0.1) is 0 Å². The molecule has 2 aromatic rings. The lowest BCUT2D eigenvalue weighted by molar-refractivity contribution is -0.128. The van der Waals surface area contributed by atoms with Gasteiger partial charge in [0.1, 0.15) is 6.73 Å². The van der Waals surface area contributed by atoms with E-state index in [2.05, 4.69) is 34.5 Å². The average molecular weight is 373 g/mol. The molecule has 2 aromatic carbocycles. The van der Waals surface area contributed by atoms with Gasteiger partial charge >= 0.3 is 0 Å². The Morgan fingerprint density at radius 2 is 1.92 bits per heavy atom. The van der Waals surface area contributed by atoms with Crippen molar-refractivity contribution in [2.45, 2.75) is 18.9 Å². The third kappa shape index (κ3) is 4.85. The van der Waals surface area contributed by atoms with Gasteiger partial charge < -0.3 is 10.1 Å². The highest BCUT2D eigenvalue weighted by atomic mass is 35.5. The minimum absolute atomic E-state index is 0.0571. The molecule has 26 heavy (non-hydrogen) atoms. The lowest BCUT2D eigenvalue weighted by atomic mass is 9.80. The number of likely N-dealkylation sites (tertiary alicyclic amines) is 1. The molecule has 1 heterocycles. The van der Waals surface area contributed by atoms with Crippen LogP contribution in [0, 0.1) is 5.92 Å². The molecular formula is C21H25ClN2O2. The zero-order valence-electron chi connectivity index (χ0n) is 15.0. The van der Waals surface area contributed by atoms with Crippen molar-refractivity contribution in [1.29, 1.82) is 0 Å². The largest absolute Gasteiger partial charge is 0.364 e. The molecule has 1 amide bonds. The maximum Gasteiger partial charge on any atom is 0.225 e. The van der Waals surface area contributed by atoms with E-state index in [1.807, 2.05) is 30.3 Å². The smallest absolute Gasteiger partial charge is 0.225 e. The minimum Gasteiger partial charge on any atom is -0.364 e. The molecule has 0 spiro atoms. The molecule has 5 heteroatoms. The predicted octanol–water partition coefficient (Wildman–Crippen LogP) is 3.67. The summed E-state index contributed by atoms with van der Waals surface area (Å²) in [5, 5.41) is 3.59. The fraction of sp³-hybridized carbons (Fsp3) is 0.381. The van der Waals surface area contributed by atoms with Gasteiger partial charge in [-0.2, -0.15) is 0 Å². The second kappa shape index (κ2) is 9.17. The van der Waals surface area contributed by atoms with Gasteiger partial charge in [0.2, 0.25) is 5.91 Å². The summed E-state index contributed by atoms with van der Waals surface area (Å²) in [5.41, 5.74) is 2.45. The van der Waals surface area contributed by atoms with Crippen LogP contribution in [-0.4, -0.2) is 37.7 Å². The first-order chi connectivity index (χ1) is 12.7. The van der Waals surface area contributed by atoms with Gasteiger partial charge in [0.15, 0.2) is 0 Å². The van der Waals surface area contributed by atoms with Crippen molar-refractivity contribution in [2.75, 3.05) is 26.9 Å². The van der Waals surface area contributed by atoms with Crippen molar-refractivity contribution < 1.29 is 9.53 Å². The Bertz CT molecular complexity index is 706. The second-order valence-electron chi connectivity index (χ2n) is 6.75. The van der Waals surface area contributed by atoms with Crippen molar-refractivity contribution >= 4 is 17.5 Å². The van der Waals surface area contributed by atoms with E-state index >= 15 is 0 Å². The predicted molar refractivity (Wildman–Crippen MR) is 104 cm³/mol. The van der Waals surface area contributed by atoms with E-state index in [1.165, 1.54) is 5.56 Å². The standard InChI is InChI=1S/C21H25ClN2O2/c1-26-15-23-21(25)19-11-12-24(13-16-5-3-2-4-6-16)14-20(19)17-7-9-18(22)10-8-17/h2-10,19-20H,11-15H2,1H3,(H,23,25). The van der Waals surface area contributed by atoms with Crippen LogP contribution in [0.1, 0.15) is 23.5 Å². The number of piperidine rings is 1. The first kappa shape index (κ1) is 18.9. The van der Waals surface area contributed by atoms with E-state index in [0.717, 1.165) is 31.6 Å². The summed E-state index contributed by atoms with van der Waals surface area (Å²) in [5.74, 6) is 0.145. The normalized spacial score (nSPS) is 20.7. The van der Waals surface area contributed by atoms with E-state index < -0.39 is 0 Å². The third-order valence-electron chi connectivity index (χ3n) is 4.97. The highest BCUT2D eigenvalue weighted by Gasteiger charge is 2.35. The molecule has 4 nitrogen and oxygen atoms in total. The number of methoxy groups -OCH3 is 1. The number of nitrogens with zero attached hydrogens (tertiary/aromatic N) is 1. The number of carbonyl (C=O) groups excluding carboxylic acids is 1. The molecule has 1 saturated heterocycles. The van der Waals surface area contributed by atoms with E-state index in [9.17, 15) is 4.79 Å². The Morgan fingerprint density at radius 3 is 2.62 bits per heavy atom. The van der Waals surface area contributed by atoms with Gasteiger partial charge in [-0.05, 0) is 36.2 Å². The van der Waals surface area contributed by atoms with Gasteiger partial charge in [-0.25, -0.2) is 0 Å². The highest BCUT2D eigenvalue weighted by molar-refractivity contribution is 6.30. The first-order valence-electron chi connectivity index (χ1n) is 8.96. The number of carbonyl (C=O) groups is 1. The molecule has 3 rings (SSSR count). The molecule has 0 aliphatic carbocycles. The summed E-state index contributed by atoms with van der Waals surface area (Å²) in [6, 6.07) is 18.3. The quantitative estimate of drug-likeness (QED) is 0.787. The van der Waals surface area contributed by atoms with E-state index in [-0.39, 0.29) is 24.5 Å². The lowest BCUT2D eigenvalue weighted by Crippen LogP contribution is -2.45. The van der Waals surface area contributed by atoms with Crippen LogP contribution in [0.5, 0.6) is 0 Å². The van der Waals surface area contributed by atoms with Crippen LogP contribution in [0.15, 0.2) is 54.6 Å². The van der Waals surface area contributed by atoms with Crippen LogP contribution in [0.4, 0.5) is 0 Å². The number of hydrogen-bond acceptors (Lipinski definition) is 3. The maximum absolute atomic E-state index is 12.6. The van der Waals surface area contributed by atoms with Crippen molar-refractivity contribution in [1.82, 2.24) is 10.2 Å². The Labute approximate surface area is 160 Å². The summed E-state index contributed by atoms with van der Waals surface area (Å²) in [6.07, 6.45) is 0.829. The number of halogens is 1. The zero-order chi connectivity index (χ0) is 18.4. The number of ether oxygens (including phenoxy) is 1. The van der Waals surface area contributed by atoms with Crippen LogP contribution in [0.25, 0.3) is 0 Å². The maximum atomic E-state index is 12.6. The first-order valence-corrected chi connectivity index (χ1v) is 9.33. The number of nitrogens with one attached hydrogen (secondary N) is 1. The average Bonchev–Trinajstić information content (AvgIpc) is 2.67. The topological polar surface area (TPSA) is 41.6 Å². The number of rotatable bonds is 6. The van der Waals surface area contributed by atoms with Crippen molar-refractivity contribution in [3.63, 3.8) is 0 Å². The fourth-order valence-electron chi connectivity index (χ4n) is 3.64. The summed E-state index contributed by atoms with van der Waals surface area (Å²) >= 11 is 6.05. The van der Waals surface area contributed by atoms with E-state index in [0.29, 0.717) is 5.02 Å². The second-order valence-corrected chi connectivity index (χ2v) is 7.18. The summed E-state index contributed by atoms with van der Waals surface area (Å²) in [6.45, 7) is 2.90. The molecule has 1 aliphatic heterocycles.